The topological polar surface area (TPSA) is 64.1 Å². The summed E-state index contributed by atoms with van der Waals surface area (Å²) in [6, 6.07) is 19.2. The molecule has 144 valence electrons. The molecule has 6 heteroatoms. The van der Waals surface area contributed by atoms with Crippen molar-refractivity contribution < 1.29 is 9.53 Å². The Hall–Kier alpha value is -2.86. The molecular formula is C22H23N3O2S. The van der Waals surface area contributed by atoms with Gasteiger partial charge in [-0.25, -0.2) is 9.97 Å². The van der Waals surface area contributed by atoms with Gasteiger partial charge in [0.2, 0.25) is 5.91 Å². The Kier molecular flexibility index (Phi) is 6.66. The van der Waals surface area contributed by atoms with Crippen molar-refractivity contribution in [2.24, 2.45) is 0 Å². The lowest BCUT2D eigenvalue weighted by Crippen LogP contribution is -2.22. The molecule has 0 unspecified atom stereocenters. The summed E-state index contributed by atoms with van der Waals surface area (Å²) >= 11 is 1.35. The smallest absolute Gasteiger partial charge is 0.237 e. The zero-order valence-corrected chi connectivity index (χ0v) is 17.0. The zero-order chi connectivity index (χ0) is 19.9. The molecule has 2 aromatic carbocycles. The van der Waals surface area contributed by atoms with E-state index in [1.54, 1.807) is 0 Å². The van der Waals surface area contributed by atoms with Crippen LogP contribution in [0.4, 0.5) is 5.69 Å². The van der Waals surface area contributed by atoms with Gasteiger partial charge in [0.15, 0.2) is 5.16 Å². The minimum atomic E-state index is -0.336. The molecule has 0 aliphatic carbocycles. The van der Waals surface area contributed by atoms with E-state index in [9.17, 15) is 4.79 Å². The molecule has 5 nitrogen and oxygen atoms in total. The van der Waals surface area contributed by atoms with Gasteiger partial charge in [0.1, 0.15) is 5.75 Å². The molecule has 1 heterocycles. The Balaban J connectivity index is 1.67. The maximum Gasteiger partial charge on any atom is 0.237 e. The molecule has 0 radical (unpaired) electrons. The van der Waals surface area contributed by atoms with E-state index in [1.165, 1.54) is 11.8 Å². The van der Waals surface area contributed by atoms with Gasteiger partial charge in [-0.15, -0.1) is 0 Å². The molecule has 3 aromatic rings. The molecular weight excluding hydrogens is 370 g/mol. The first-order valence-corrected chi connectivity index (χ1v) is 10.0. The van der Waals surface area contributed by atoms with E-state index in [-0.39, 0.29) is 11.2 Å². The number of nitrogens with zero attached hydrogens (tertiary/aromatic N) is 2. The van der Waals surface area contributed by atoms with Crippen molar-refractivity contribution in [2.75, 3.05) is 11.9 Å². The van der Waals surface area contributed by atoms with Crippen molar-refractivity contribution in [3.05, 3.63) is 66.4 Å². The summed E-state index contributed by atoms with van der Waals surface area (Å²) in [6.45, 7) is 6.33. The number of ether oxygens (including phenoxy) is 1. The molecule has 0 aliphatic rings. The molecule has 1 atom stereocenters. The second kappa shape index (κ2) is 9.37. The second-order valence-corrected chi connectivity index (χ2v) is 7.56. The highest BCUT2D eigenvalue weighted by Gasteiger charge is 2.17. The van der Waals surface area contributed by atoms with Crippen molar-refractivity contribution in [1.29, 1.82) is 0 Å². The first-order valence-electron chi connectivity index (χ1n) is 9.16. The molecule has 28 heavy (non-hydrogen) atoms. The molecule has 1 aromatic heterocycles. The number of nitrogens with one attached hydrogen (secondary N) is 1. The maximum atomic E-state index is 12.5. The number of amides is 1. The van der Waals surface area contributed by atoms with Crippen LogP contribution in [0.5, 0.6) is 5.75 Å². The number of carbonyl (C=O) groups is 1. The standard InChI is InChI=1S/C22H23N3O2S/c1-4-27-19-12-10-18(11-13-19)24-21(26)16(3)28-22-23-15(2)14-20(25-22)17-8-6-5-7-9-17/h5-14,16H,4H2,1-3H3,(H,24,26)/t16-/m0/s1. The van der Waals surface area contributed by atoms with Gasteiger partial charge >= 0.3 is 0 Å². The van der Waals surface area contributed by atoms with E-state index in [2.05, 4.69) is 15.3 Å². The zero-order valence-electron chi connectivity index (χ0n) is 16.2. The van der Waals surface area contributed by atoms with Crippen molar-refractivity contribution in [2.45, 2.75) is 31.2 Å². The van der Waals surface area contributed by atoms with Gasteiger partial charge in [-0.05, 0) is 51.1 Å². The monoisotopic (exact) mass is 393 g/mol. The summed E-state index contributed by atoms with van der Waals surface area (Å²) in [5, 5.41) is 3.18. The quantitative estimate of drug-likeness (QED) is 0.453. The lowest BCUT2D eigenvalue weighted by atomic mass is 10.1. The SMILES string of the molecule is CCOc1ccc(NC(=O)[C@H](C)Sc2nc(C)cc(-c3ccccc3)n2)cc1. The number of benzene rings is 2. The van der Waals surface area contributed by atoms with Crippen molar-refractivity contribution in [3.63, 3.8) is 0 Å². The fraction of sp³-hybridized carbons (Fsp3) is 0.227. The van der Waals surface area contributed by atoms with E-state index < -0.39 is 0 Å². The molecule has 0 saturated carbocycles. The predicted octanol–water partition coefficient (Wildman–Crippen LogP) is 4.97. The van der Waals surface area contributed by atoms with Gasteiger partial charge in [-0.3, -0.25) is 4.79 Å². The number of aromatic nitrogens is 2. The van der Waals surface area contributed by atoms with Crippen LogP contribution in [0.1, 0.15) is 19.5 Å². The lowest BCUT2D eigenvalue weighted by molar-refractivity contribution is -0.115. The third-order valence-corrected chi connectivity index (χ3v) is 4.95. The average molecular weight is 394 g/mol. The number of aryl methyl sites for hydroxylation is 1. The normalized spacial score (nSPS) is 11.7. The molecule has 1 amide bonds. The van der Waals surface area contributed by atoms with Gasteiger partial charge < -0.3 is 10.1 Å². The molecule has 0 fully saturated rings. The Morgan fingerprint density at radius 1 is 1.11 bits per heavy atom. The van der Waals surface area contributed by atoms with Gasteiger partial charge in [-0.2, -0.15) is 0 Å². The van der Waals surface area contributed by atoms with Crippen LogP contribution in [0.15, 0.2) is 65.8 Å². The fourth-order valence-electron chi connectivity index (χ4n) is 2.61. The molecule has 0 saturated heterocycles. The lowest BCUT2D eigenvalue weighted by Gasteiger charge is -2.13. The maximum absolute atomic E-state index is 12.5. The number of rotatable bonds is 7. The van der Waals surface area contributed by atoms with E-state index >= 15 is 0 Å². The third kappa shape index (κ3) is 5.33. The van der Waals surface area contributed by atoms with E-state index in [4.69, 9.17) is 4.74 Å². The Morgan fingerprint density at radius 2 is 1.82 bits per heavy atom. The summed E-state index contributed by atoms with van der Waals surface area (Å²) in [4.78, 5) is 21.6. The average Bonchev–Trinajstić information content (AvgIpc) is 2.70. The van der Waals surface area contributed by atoms with E-state index in [1.807, 2.05) is 81.4 Å². The largest absolute Gasteiger partial charge is 0.494 e. The minimum absolute atomic E-state index is 0.0967. The van der Waals surface area contributed by atoms with Gasteiger partial charge in [0.25, 0.3) is 0 Å². The van der Waals surface area contributed by atoms with Gasteiger partial charge in [0, 0.05) is 16.9 Å². The van der Waals surface area contributed by atoms with E-state index in [0.717, 1.165) is 28.4 Å². The number of hydrogen-bond acceptors (Lipinski definition) is 5. The Bertz CT molecular complexity index is 930. The highest BCUT2D eigenvalue weighted by atomic mass is 32.2. The van der Waals surface area contributed by atoms with Crippen LogP contribution in [0, 0.1) is 6.92 Å². The molecule has 1 N–H and O–H groups in total. The Morgan fingerprint density at radius 3 is 2.50 bits per heavy atom. The van der Waals surface area contributed by atoms with Crippen LogP contribution in [0.25, 0.3) is 11.3 Å². The van der Waals surface area contributed by atoms with Crippen molar-refractivity contribution in [3.8, 4) is 17.0 Å². The minimum Gasteiger partial charge on any atom is -0.494 e. The molecule has 0 aliphatic heterocycles. The van der Waals surface area contributed by atoms with Crippen LogP contribution in [-0.4, -0.2) is 27.7 Å². The van der Waals surface area contributed by atoms with Gasteiger partial charge in [0.05, 0.1) is 17.6 Å². The van der Waals surface area contributed by atoms with Crippen molar-refractivity contribution >= 4 is 23.4 Å². The third-order valence-electron chi connectivity index (χ3n) is 3.99. The van der Waals surface area contributed by atoms with Crippen LogP contribution in [0.2, 0.25) is 0 Å². The van der Waals surface area contributed by atoms with Crippen LogP contribution >= 0.6 is 11.8 Å². The van der Waals surface area contributed by atoms with E-state index in [0.29, 0.717) is 11.8 Å². The molecule has 0 bridgehead atoms. The summed E-state index contributed by atoms with van der Waals surface area (Å²) in [6.07, 6.45) is 0. The molecule has 3 rings (SSSR count). The number of hydrogen-bond donors (Lipinski definition) is 1. The number of carbonyl (C=O) groups excluding carboxylic acids is 1. The highest BCUT2D eigenvalue weighted by Crippen LogP contribution is 2.25. The fourth-order valence-corrected chi connectivity index (χ4v) is 3.44. The summed E-state index contributed by atoms with van der Waals surface area (Å²) in [5.74, 6) is 0.685. The van der Waals surface area contributed by atoms with Crippen molar-refractivity contribution in [1.82, 2.24) is 9.97 Å². The van der Waals surface area contributed by atoms with Crippen LogP contribution in [-0.2, 0) is 4.79 Å². The predicted molar refractivity (Wildman–Crippen MR) is 114 cm³/mol. The first-order chi connectivity index (χ1) is 13.5. The Labute approximate surface area is 169 Å². The molecule has 0 spiro atoms. The summed E-state index contributed by atoms with van der Waals surface area (Å²) in [7, 11) is 0. The summed E-state index contributed by atoms with van der Waals surface area (Å²) in [5.41, 5.74) is 3.49. The first kappa shape index (κ1) is 19.9. The summed E-state index contributed by atoms with van der Waals surface area (Å²) < 4.78 is 5.42. The highest BCUT2D eigenvalue weighted by molar-refractivity contribution is 8.00. The van der Waals surface area contributed by atoms with Crippen LogP contribution < -0.4 is 10.1 Å². The van der Waals surface area contributed by atoms with Crippen LogP contribution in [0.3, 0.4) is 0 Å². The second-order valence-electron chi connectivity index (χ2n) is 6.25. The number of anilines is 1. The van der Waals surface area contributed by atoms with Gasteiger partial charge in [-0.1, -0.05) is 42.1 Å². The number of thioether (sulfide) groups is 1.